The number of carbonyl (C=O) groups is 1. The van der Waals surface area contributed by atoms with Crippen LogP contribution in [0.4, 0.5) is 0 Å². The zero-order chi connectivity index (χ0) is 17.6. The standard InChI is InChI=1S/C21H25NO3/c1-3-22(14-16-11-12-25-15-16)21(23)18-9-10-20(24-2)19(13-18)17-7-5-4-6-8-17/h4-10,13,16H,3,11-12,14-15H2,1-2H3/t16-/m0/s1. The normalized spacial score (nSPS) is 16.6. The van der Waals surface area contributed by atoms with Crippen LogP contribution in [-0.2, 0) is 4.74 Å². The van der Waals surface area contributed by atoms with E-state index in [0.717, 1.165) is 43.1 Å². The Morgan fingerprint density at radius 2 is 2.04 bits per heavy atom. The molecule has 4 heteroatoms. The second-order valence-corrected chi connectivity index (χ2v) is 6.35. The molecule has 25 heavy (non-hydrogen) atoms. The molecule has 4 nitrogen and oxygen atoms in total. The monoisotopic (exact) mass is 339 g/mol. The fraction of sp³-hybridized carbons (Fsp3) is 0.381. The lowest BCUT2D eigenvalue weighted by Gasteiger charge is -2.24. The quantitative estimate of drug-likeness (QED) is 0.802. The molecule has 1 fully saturated rings. The predicted molar refractivity (Wildman–Crippen MR) is 98.9 cm³/mol. The molecule has 0 N–H and O–H groups in total. The Morgan fingerprint density at radius 1 is 1.24 bits per heavy atom. The van der Waals surface area contributed by atoms with Crippen molar-refractivity contribution in [2.24, 2.45) is 5.92 Å². The fourth-order valence-corrected chi connectivity index (χ4v) is 3.26. The Balaban J connectivity index is 1.86. The van der Waals surface area contributed by atoms with Gasteiger partial charge in [-0.3, -0.25) is 4.79 Å². The molecule has 0 radical (unpaired) electrons. The molecule has 2 aromatic carbocycles. The molecule has 2 aromatic rings. The molecule has 0 aliphatic carbocycles. The van der Waals surface area contributed by atoms with Gasteiger partial charge in [0.25, 0.3) is 5.91 Å². The van der Waals surface area contributed by atoms with Crippen molar-refractivity contribution in [1.82, 2.24) is 4.90 Å². The number of methoxy groups -OCH3 is 1. The highest BCUT2D eigenvalue weighted by atomic mass is 16.5. The number of amides is 1. The summed E-state index contributed by atoms with van der Waals surface area (Å²) < 4.78 is 10.9. The molecule has 0 spiro atoms. The van der Waals surface area contributed by atoms with Crippen molar-refractivity contribution in [2.75, 3.05) is 33.4 Å². The van der Waals surface area contributed by atoms with Gasteiger partial charge in [-0.25, -0.2) is 0 Å². The van der Waals surface area contributed by atoms with Crippen LogP contribution in [0.3, 0.4) is 0 Å². The number of nitrogens with zero attached hydrogens (tertiary/aromatic N) is 1. The SMILES string of the molecule is CCN(C[C@@H]1CCOC1)C(=O)c1ccc(OC)c(-c2ccccc2)c1. The van der Waals surface area contributed by atoms with E-state index in [4.69, 9.17) is 9.47 Å². The van der Waals surface area contributed by atoms with Crippen LogP contribution in [0.2, 0.25) is 0 Å². The number of ether oxygens (including phenoxy) is 2. The van der Waals surface area contributed by atoms with Gasteiger partial charge in [-0.1, -0.05) is 30.3 Å². The van der Waals surface area contributed by atoms with E-state index >= 15 is 0 Å². The first-order valence-corrected chi connectivity index (χ1v) is 8.83. The number of benzene rings is 2. The van der Waals surface area contributed by atoms with Crippen molar-refractivity contribution >= 4 is 5.91 Å². The molecule has 1 atom stereocenters. The first kappa shape index (κ1) is 17.5. The highest BCUT2D eigenvalue weighted by Gasteiger charge is 2.23. The average Bonchev–Trinajstić information content (AvgIpc) is 3.19. The second kappa shape index (κ2) is 8.17. The van der Waals surface area contributed by atoms with Gasteiger partial charge in [-0.2, -0.15) is 0 Å². The second-order valence-electron chi connectivity index (χ2n) is 6.35. The summed E-state index contributed by atoms with van der Waals surface area (Å²) in [6.07, 6.45) is 1.03. The maximum Gasteiger partial charge on any atom is 0.253 e. The molecule has 0 aromatic heterocycles. The zero-order valence-corrected chi connectivity index (χ0v) is 14.9. The molecular weight excluding hydrogens is 314 g/mol. The number of hydrogen-bond acceptors (Lipinski definition) is 3. The van der Waals surface area contributed by atoms with Crippen LogP contribution in [0, 0.1) is 5.92 Å². The first-order valence-electron chi connectivity index (χ1n) is 8.83. The summed E-state index contributed by atoms with van der Waals surface area (Å²) in [6, 6.07) is 15.7. The number of carbonyl (C=O) groups excluding carboxylic acids is 1. The maximum atomic E-state index is 13.0. The molecule has 1 amide bonds. The van der Waals surface area contributed by atoms with E-state index < -0.39 is 0 Å². The minimum absolute atomic E-state index is 0.0641. The van der Waals surface area contributed by atoms with Crippen LogP contribution in [0.1, 0.15) is 23.7 Å². The molecule has 3 rings (SSSR count). The molecule has 1 heterocycles. The van der Waals surface area contributed by atoms with Crippen LogP contribution in [0.25, 0.3) is 11.1 Å². The average molecular weight is 339 g/mol. The third-order valence-corrected chi connectivity index (χ3v) is 4.70. The first-order chi connectivity index (χ1) is 12.2. The van der Waals surface area contributed by atoms with Gasteiger partial charge >= 0.3 is 0 Å². The molecule has 1 saturated heterocycles. The van der Waals surface area contributed by atoms with Crippen LogP contribution in [-0.4, -0.2) is 44.2 Å². The van der Waals surface area contributed by atoms with Crippen molar-refractivity contribution in [3.63, 3.8) is 0 Å². The summed E-state index contributed by atoms with van der Waals surface area (Å²) >= 11 is 0. The van der Waals surface area contributed by atoms with Crippen LogP contribution >= 0.6 is 0 Å². The Bertz CT molecular complexity index is 708. The predicted octanol–water partition coefficient (Wildman–Crippen LogP) is 3.86. The van der Waals surface area contributed by atoms with E-state index in [2.05, 4.69) is 0 Å². The third-order valence-electron chi connectivity index (χ3n) is 4.70. The van der Waals surface area contributed by atoms with Gasteiger partial charge < -0.3 is 14.4 Å². The fourth-order valence-electron chi connectivity index (χ4n) is 3.26. The lowest BCUT2D eigenvalue weighted by molar-refractivity contribution is 0.0731. The molecule has 1 aliphatic heterocycles. The van der Waals surface area contributed by atoms with Crippen molar-refractivity contribution < 1.29 is 14.3 Å². The Morgan fingerprint density at radius 3 is 2.68 bits per heavy atom. The van der Waals surface area contributed by atoms with Crippen molar-refractivity contribution in [2.45, 2.75) is 13.3 Å². The molecule has 0 saturated carbocycles. The molecule has 0 unspecified atom stereocenters. The minimum Gasteiger partial charge on any atom is -0.496 e. The lowest BCUT2D eigenvalue weighted by Crippen LogP contribution is -2.35. The summed E-state index contributed by atoms with van der Waals surface area (Å²) in [5.41, 5.74) is 2.68. The molecular formula is C21H25NO3. The van der Waals surface area contributed by atoms with E-state index in [1.54, 1.807) is 7.11 Å². The van der Waals surface area contributed by atoms with Crippen LogP contribution in [0.5, 0.6) is 5.75 Å². The Hall–Kier alpha value is -2.33. The van der Waals surface area contributed by atoms with Gasteiger partial charge in [0.2, 0.25) is 0 Å². The molecule has 0 bridgehead atoms. The Labute approximate surface area is 149 Å². The third kappa shape index (κ3) is 4.02. The summed E-state index contributed by atoms with van der Waals surface area (Å²) in [6.45, 7) is 5.03. The van der Waals surface area contributed by atoms with Gasteiger partial charge in [-0.15, -0.1) is 0 Å². The van der Waals surface area contributed by atoms with Crippen LogP contribution < -0.4 is 4.74 Å². The largest absolute Gasteiger partial charge is 0.496 e. The highest BCUT2D eigenvalue weighted by Crippen LogP contribution is 2.31. The van der Waals surface area contributed by atoms with E-state index in [0.29, 0.717) is 18.0 Å². The van der Waals surface area contributed by atoms with E-state index in [9.17, 15) is 4.79 Å². The van der Waals surface area contributed by atoms with Crippen LogP contribution in [0.15, 0.2) is 48.5 Å². The van der Waals surface area contributed by atoms with Gasteiger partial charge in [0.05, 0.1) is 13.7 Å². The lowest BCUT2D eigenvalue weighted by atomic mass is 10.0. The smallest absolute Gasteiger partial charge is 0.253 e. The zero-order valence-electron chi connectivity index (χ0n) is 14.9. The van der Waals surface area contributed by atoms with Crippen molar-refractivity contribution in [1.29, 1.82) is 0 Å². The van der Waals surface area contributed by atoms with E-state index in [-0.39, 0.29) is 5.91 Å². The van der Waals surface area contributed by atoms with Crippen molar-refractivity contribution in [3.05, 3.63) is 54.1 Å². The summed E-state index contributed by atoms with van der Waals surface area (Å²) in [5, 5.41) is 0. The molecule has 1 aliphatic rings. The summed E-state index contributed by atoms with van der Waals surface area (Å²) in [4.78, 5) is 14.9. The summed E-state index contributed by atoms with van der Waals surface area (Å²) in [7, 11) is 1.65. The van der Waals surface area contributed by atoms with E-state index in [1.165, 1.54) is 0 Å². The van der Waals surface area contributed by atoms with Crippen molar-refractivity contribution in [3.8, 4) is 16.9 Å². The number of hydrogen-bond donors (Lipinski definition) is 0. The van der Waals surface area contributed by atoms with Gasteiger partial charge in [-0.05, 0) is 37.1 Å². The topological polar surface area (TPSA) is 38.8 Å². The maximum absolute atomic E-state index is 13.0. The Kier molecular flexibility index (Phi) is 5.71. The molecule has 132 valence electrons. The summed E-state index contributed by atoms with van der Waals surface area (Å²) in [5.74, 6) is 1.28. The van der Waals surface area contributed by atoms with E-state index in [1.807, 2.05) is 60.4 Å². The minimum atomic E-state index is 0.0641. The highest BCUT2D eigenvalue weighted by molar-refractivity contribution is 5.96. The van der Waals surface area contributed by atoms with Gasteiger partial charge in [0, 0.05) is 36.7 Å². The van der Waals surface area contributed by atoms with Gasteiger partial charge in [0.1, 0.15) is 5.75 Å². The van der Waals surface area contributed by atoms with Gasteiger partial charge in [0.15, 0.2) is 0 Å². The number of rotatable bonds is 6.